The molecule has 8 nitrogen and oxygen atoms in total. The van der Waals surface area contributed by atoms with Crippen LogP contribution in [0.4, 0.5) is 5.13 Å². The molecule has 0 radical (unpaired) electrons. The fourth-order valence-electron chi connectivity index (χ4n) is 4.67. The molecule has 0 bridgehead atoms. The SMILES string of the molecule is Cc1cc(CN2CCC(N3C(=O)CC[C@@H]3C(=O)Nc3nc(C)c(C(=O)O)s3)CC2)ccc1Cl. The third kappa shape index (κ3) is 5.20. The van der Waals surface area contributed by atoms with Crippen LogP contribution >= 0.6 is 22.9 Å². The Hall–Kier alpha value is -2.49. The van der Waals surface area contributed by atoms with Crippen molar-refractivity contribution in [3.63, 3.8) is 0 Å². The number of nitrogens with zero attached hydrogens (tertiary/aromatic N) is 3. The van der Waals surface area contributed by atoms with E-state index in [2.05, 4.69) is 21.3 Å². The maximum atomic E-state index is 13.0. The van der Waals surface area contributed by atoms with Crippen molar-refractivity contribution in [2.24, 2.45) is 0 Å². The van der Waals surface area contributed by atoms with Crippen molar-refractivity contribution < 1.29 is 19.5 Å². The Morgan fingerprint density at radius 2 is 1.97 bits per heavy atom. The summed E-state index contributed by atoms with van der Waals surface area (Å²) in [6.07, 6.45) is 2.42. The molecule has 2 amide bonds. The highest BCUT2D eigenvalue weighted by Gasteiger charge is 2.41. The Kier molecular flexibility index (Phi) is 7.02. The first kappa shape index (κ1) is 23.7. The smallest absolute Gasteiger partial charge is 0.347 e. The molecule has 4 rings (SSSR count). The standard InChI is InChI=1S/C23H27ClN4O4S/c1-13-11-15(3-4-17(13)24)12-27-9-7-16(8-10-27)28-18(5-6-19(28)29)21(30)26-23-25-14(2)20(33-23)22(31)32/h3-4,11,16,18H,5-10,12H2,1-2H3,(H,31,32)(H,25,26,30)/t18-/m1/s1. The number of aryl methyl sites for hydroxylation is 2. The number of benzene rings is 1. The van der Waals surface area contributed by atoms with Crippen molar-refractivity contribution in [2.45, 2.75) is 58.2 Å². The zero-order valence-electron chi connectivity index (χ0n) is 18.6. The van der Waals surface area contributed by atoms with Gasteiger partial charge in [0, 0.05) is 37.1 Å². The predicted molar refractivity (Wildman–Crippen MR) is 127 cm³/mol. The van der Waals surface area contributed by atoms with Crippen LogP contribution in [0.15, 0.2) is 18.2 Å². The molecule has 1 aromatic carbocycles. The summed E-state index contributed by atoms with van der Waals surface area (Å²) in [6.45, 7) is 6.12. The number of thiazole rings is 1. The van der Waals surface area contributed by atoms with Crippen molar-refractivity contribution in [1.82, 2.24) is 14.8 Å². The first-order chi connectivity index (χ1) is 15.7. The number of piperidine rings is 1. The number of rotatable bonds is 6. The minimum absolute atomic E-state index is 0.00321. The maximum Gasteiger partial charge on any atom is 0.347 e. The molecule has 2 aromatic rings. The number of anilines is 1. The van der Waals surface area contributed by atoms with Crippen LogP contribution < -0.4 is 5.32 Å². The van der Waals surface area contributed by atoms with Crippen molar-refractivity contribution >= 4 is 45.9 Å². The van der Waals surface area contributed by atoms with Gasteiger partial charge in [-0.3, -0.25) is 14.5 Å². The highest BCUT2D eigenvalue weighted by molar-refractivity contribution is 7.17. The van der Waals surface area contributed by atoms with Gasteiger partial charge in [-0.15, -0.1) is 0 Å². The van der Waals surface area contributed by atoms with Gasteiger partial charge in [-0.25, -0.2) is 9.78 Å². The largest absolute Gasteiger partial charge is 0.477 e. The molecule has 1 aromatic heterocycles. The molecular formula is C23H27ClN4O4S. The summed E-state index contributed by atoms with van der Waals surface area (Å²) < 4.78 is 0. The van der Waals surface area contributed by atoms with Crippen LogP contribution in [0, 0.1) is 13.8 Å². The van der Waals surface area contributed by atoms with Crippen LogP contribution in [0.2, 0.25) is 5.02 Å². The summed E-state index contributed by atoms with van der Waals surface area (Å²) in [5.41, 5.74) is 2.64. The van der Waals surface area contributed by atoms with Crippen LogP contribution in [0.5, 0.6) is 0 Å². The quantitative estimate of drug-likeness (QED) is 0.640. The summed E-state index contributed by atoms with van der Waals surface area (Å²) in [5.74, 6) is -1.36. The Labute approximate surface area is 201 Å². The predicted octanol–water partition coefficient (Wildman–Crippen LogP) is 3.71. The van der Waals surface area contributed by atoms with Crippen LogP contribution in [-0.4, -0.2) is 62.8 Å². The van der Waals surface area contributed by atoms with Gasteiger partial charge in [0.05, 0.1) is 5.69 Å². The van der Waals surface area contributed by atoms with Crippen LogP contribution in [0.25, 0.3) is 0 Å². The summed E-state index contributed by atoms with van der Waals surface area (Å²) in [6, 6.07) is 5.54. The summed E-state index contributed by atoms with van der Waals surface area (Å²) in [4.78, 5) is 45.2. The first-order valence-corrected chi connectivity index (χ1v) is 12.2. The number of aromatic carboxylic acids is 1. The fraction of sp³-hybridized carbons (Fsp3) is 0.478. The molecular weight excluding hydrogens is 464 g/mol. The lowest BCUT2D eigenvalue weighted by atomic mass is 10.0. The van der Waals surface area contributed by atoms with Crippen molar-refractivity contribution in [2.75, 3.05) is 18.4 Å². The lowest BCUT2D eigenvalue weighted by molar-refractivity contribution is -0.136. The molecule has 2 aliphatic rings. The molecule has 0 spiro atoms. The topological polar surface area (TPSA) is 103 Å². The van der Waals surface area contributed by atoms with E-state index in [0.29, 0.717) is 18.5 Å². The van der Waals surface area contributed by atoms with Gasteiger partial charge < -0.3 is 15.3 Å². The number of hydrogen-bond donors (Lipinski definition) is 2. The van der Waals surface area contributed by atoms with Crippen LogP contribution in [0.3, 0.4) is 0 Å². The number of carboxylic acid groups (broad SMARTS) is 1. The second-order valence-electron chi connectivity index (χ2n) is 8.67. The average Bonchev–Trinajstić information content (AvgIpc) is 3.33. The molecule has 10 heteroatoms. The summed E-state index contributed by atoms with van der Waals surface area (Å²) in [7, 11) is 0. The van der Waals surface area contributed by atoms with Crippen molar-refractivity contribution in [1.29, 1.82) is 0 Å². The van der Waals surface area contributed by atoms with E-state index >= 15 is 0 Å². The normalized spacial score (nSPS) is 19.8. The molecule has 0 saturated carbocycles. The Balaban J connectivity index is 1.37. The van der Waals surface area contributed by atoms with Crippen LogP contribution in [0.1, 0.15) is 52.2 Å². The van der Waals surface area contributed by atoms with Gasteiger partial charge in [0.15, 0.2) is 5.13 Å². The molecule has 3 heterocycles. The van der Waals surface area contributed by atoms with Gasteiger partial charge in [-0.2, -0.15) is 0 Å². The van der Waals surface area contributed by atoms with Gasteiger partial charge in [-0.05, 0) is 50.3 Å². The van der Waals surface area contributed by atoms with Crippen molar-refractivity contribution in [3.05, 3.63) is 44.9 Å². The van der Waals surface area contributed by atoms with Gasteiger partial charge in [0.1, 0.15) is 10.9 Å². The fourth-order valence-corrected chi connectivity index (χ4v) is 5.60. The Morgan fingerprint density at radius 3 is 2.61 bits per heavy atom. The highest BCUT2D eigenvalue weighted by Crippen LogP contribution is 2.30. The minimum atomic E-state index is -1.07. The van der Waals surface area contributed by atoms with Crippen molar-refractivity contribution in [3.8, 4) is 0 Å². The van der Waals surface area contributed by atoms with E-state index in [9.17, 15) is 19.5 Å². The molecule has 2 aliphatic heterocycles. The number of likely N-dealkylation sites (tertiary alicyclic amines) is 2. The molecule has 1 atom stereocenters. The number of carbonyl (C=O) groups excluding carboxylic acids is 2. The average molecular weight is 491 g/mol. The van der Waals surface area contributed by atoms with Gasteiger partial charge >= 0.3 is 5.97 Å². The van der Waals surface area contributed by atoms with Crippen LogP contribution in [-0.2, 0) is 16.1 Å². The third-order valence-corrected chi connectivity index (χ3v) is 7.84. The molecule has 0 aliphatic carbocycles. The van der Waals surface area contributed by atoms with Gasteiger partial charge in [0.25, 0.3) is 0 Å². The van der Waals surface area contributed by atoms with E-state index in [1.807, 2.05) is 19.1 Å². The van der Waals surface area contributed by atoms with Gasteiger partial charge in [0.2, 0.25) is 11.8 Å². The van der Waals surface area contributed by atoms with Gasteiger partial charge in [-0.1, -0.05) is 35.1 Å². The number of aromatic nitrogens is 1. The second-order valence-corrected chi connectivity index (χ2v) is 10.1. The number of amides is 2. The van der Waals surface area contributed by atoms with E-state index in [1.165, 1.54) is 5.56 Å². The molecule has 0 unspecified atom stereocenters. The molecule has 176 valence electrons. The monoisotopic (exact) mass is 490 g/mol. The number of halogens is 1. The molecule has 2 fully saturated rings. The highest BCUT2D eigenvalue weighted by atomic mass is 35.5. The Morgan fingerprint density at radius 1 is 1.24 bits per heavy atom. The van der Waals surface area contributed by atoms with E-state index in [4.69, 9.17) is 11.6 Å². The Bertz CT molecular complexity index is 1080. The summed E-state index contributed by atoms with van der Waals surface area (Å²) >= 11 is 7.06. The van der Waals surface area contributed by atoms with E-state index in [0.717, 1.165) is 54.4 Å². The molecule has 33 heavy (non-hydrogen) atoms. The molecule has 2 N–H and O–H groups in total. The lowest BCUT2D eigenvalue weighted by Crippen LogP contribution is -2.51. The van der Waals surface area contributed by atoms with E-state index in [1.54, 1.807) is 11.8 Å². The third-order valence-electron chi connectivity index (χ3n) is 6.36. The zero-order chi connectivity index (χ0) is 23.7. The van der Waals surface area contributed by atoms with E-state index < -0.39 is 12.0 Å². The van der Waals surface area contributed by atoms with E-state index in [-0.39, 0.29) is 27.9 Å². The summed E-state index contributed by atoms with van der Waals surface area (Å²) in [5, 5.41) is 13.0. The second kappa shape index (κ2) is 9.79. The maximum absolute atomic E-state index is 13.0. The number of nitrogens with one attached hydrogen (secondary N) is 1. The first-order valence-electron chi connectivity index (χ1n) is 11.0. The lowest BCUT2D eigenvalue weighted by Gasteiger charge is -2.39. The molecule has 2 saturated heterocycles. The number of carboxylic acids is 1. The minimum Gasteiger partial charge on any atom is -0.477 e. The number of hydrogen-bond acceptors (Lipinski definition) is 6. The zero-order valence-corrected chi connectivity index (χ0v) is 20.2. The number of carbonyl (C=O) groups is 3.